The Labute approximate surface area is 95.4 Å². The van der Waals surface area contributed by atoms with Gasteiger partial charge in [-0.15, -0.1) is 0 Å². The highest BCUT2D eigenvalue weighted by Crippen LogP contribution is 2.18. The summed E-state index contributed by atoms with van der Waals surface area (Å²) >= 11 is 5.77. The molecular weight excluding hydrogens is 212 g/mol. The zero-order valence-corrected chi connectivity index (χ0v) is 9.41. The van der Waals surface area contributed by atoms with Crippen LogP contribution in [0.4, 0.5) is 0 Å². The average Bonchev–Trinajstić information content (AvgIpc) is 2.22. The lowest BCUT2D eigenvalue weighted by Gasteiger charge is -2.17. The van der Waals surface area contributed by atoms with Gasteiger partial charge in [0.2, 0.25) is 0 Å². The van der Waals surface area contributed by atoms with Crippen LogP contribution in [0.5, 0.6) is 5.75 Å². The van der Waals surface area contributed by atoms with Gasteiger partial charge in [0.15, 0.2) is 0 Å². The Kier molecular flexibility index (Phi) is 5.47. The van der Waals surface area contributed by atoms with E-state index < -0.39 is 0 Å². The molecule has 1 rings (SSSR count). The number of benzene rings is 1. The van der Waals surface area contributed by atoms with E-state index in [0.717, 1.165) is 18.6 Å². The van der Waals surface area contributed by atoms with Crippen LogP contribution >= 0.6 is 11.6 Å². The molecular formula is C11H17ClN2O. The molecule has 0 aromatic heterocycles. The summed E-state index contributed by atoms with van der Waals surface area (Å²) in [5, 5.41) is 0.705. The molecule has 0 aliphatic carbocycles. The van der Waals surface area contributed by atoms with Crippen molar-refractivity contribution in [2.24, 2.45) is 11.5 Å². The number of halogens is 1. The Hall–Kier alpha value is -0.770. The predicted octanol–water partition coefficient (Wildman–Crippen LogP) is 1.79. The summed E-state index contributed by atoms with van der Waals surface area (Å²) in [6.07, 6.45) is 1.74. The summed E-state index contributed by atoms with van der Waals surface area (Å²) in [5.41, 5.74) is 11.0. The van der Waals surface area contributed by atoms with Gasteiger partial charge in [0, 0.05) is 5.02 Å². The first kappa shape index (κ1) is 12.3. The number of hydrogen-bond acceptors (Lipinski definition) is 3. The summed E-state index contributed by atoms with van der Waals surface area (Å²) in [5.74, 6) is 0.811. The molecule has 0 heterocycles. The summed E-state index contributed by atoms with van der Waals surface area (Å²) in [4.78, 5) is 0. The van der Waals surface area contributed by atoms with E-state index in [1.165, 1.54) is 0 Å². The van der Waals surface area contributed by atoms with Crippen molar-refractivity contribution in [2.75, 3.05) is 13.1 Å². The number of ether oxygens (including phenoxy) is 1. The molecule has 0 saturated carbocycles. The quantitative estimate of drug-likeness (QED) is 0.781. The fraction of sp³-hybridized carbons (Fsp3) is 0.455. The van der Waals surface area contributed by atoms with Gasteiger partial charge < -0.3 is 16.2 Å². The lowest BCUT2D eigenvalue weighted by atomic mass is 10.2. The molecule has 3 nitrogen and oxygen atoms in total. The second-order valence-corrected chi connectivity index (χ2v) is 3.78. The van der Waals surface area contributed by atoms with Crippen LogP contribution in [0.1, 0.15) is 12.8 Å². The van der Waals surface area contributed by atoms with E-state index in [1.54, 1.807) is 12.1 Å². The SMILES string of the molecule is NCCC(CCN)Oc1ccc(Cl)cc1. The highest BCUT2D eigenvalue weighted by atomic mass is 35.5. The van der Waals surface area contributed by atoms with Crippen molar-refractivity contribution < 1.29 is 4.74 Å². The molecule has 1 aromatic rings. The molecule has 0 radical (unpaired) electrons. The third kappa shape index (κ3) is 4.51. The standard InChI is InChI=1S/C11H17ClN2O/c12-9-1-3-10(4-2-9)15-11(5-7-13)6-8-14/h1-4,11H,5-8,13-14H2. The Morgan fingerprint density at radius 1 is 1.07 bits per heavy atom. The lowest BCUT2D eigenvalue weighted by Crippen LogP contribution is -2.23. The minimum atomic E-state index is 0.0983. The minimum absolute atomic E-state index is 0.0983. The topological polar surface area (TPSA) is 61.3 Å². The fourth-order valence-corrected chi connectivity index (χ4v) is 1.47. The van der Waals surface area contributed by atoms with Crippen molar-refractivity contribution in [1.29, 1.82) is 0 Å². The van der Waals surface area contributed by atoms with Crippen LogP contribution in [0.15, 0.2) is 24.3 Å². The first-order valence-electron chi connectivity index (χ1n) is 5.08. The van der Waals surface area contributed by atoms with Crippen molar-refractivity contribution in [2.45, 2.75) is 18.9 Å². The van der Waals surface area contributed by atoms with Gasteiger partial charge in [-0.25, -0.2) is 0 Å². The number of hydrogen-bond donors (Lipinski definition) is 2. The molecule has 0 bridgehead atoms. The smallest absolute Gasteiger partial charge is 0.119 e. The predicted molar refractivity (Wildman–Crippen MR) is 63.2 cm³/mol. The fourth-order valence-electron chi connectivity index (χ4n) is 1.34. The lowest BCUT2D eigenvalue weighted by molar-refractivity contribution is 0.186. The van der Waals surface area contributed by atoms with E-state index in [9.17, 15) is 0 Å². The van der Waals surface area contributed by atoms with Crippen molar-refractivity contribution >= 4 is 11.6 Å². The molecule has 84 valence electrons. The van der Waals surface area contributed by atoms with Gasteiger partial charge in [-0.05, 0) is 50.2 Å². The van der Waals surface area contributed by atoms with E-state index in [2.05, 4.69) is 0 Å². The summed E-state index contributed by atoms with van der Waals surface area (Å²) in [6.45, 7) is 1.22. The third-order valence-corrected chi connectivity index (χ3v) is 2.35. The van der Waals surface area contributed by atoms with Gasteiger partial charge in [-0.1, -0.05) is 11.6 Å². The zero-order chi connectivity index (χ0) is 11.1. The third-order valence-electron chi connectivity index (χ3n) is 2.09. The summed E-state index contributed by atoms with van der Waals surface area (Å²) in [7, 11) is 0. The second kappa shape index (κ2) is 6.67. The molecule has 0 aliphatic heterocycles. The summed E-state index contributed by atoms with van der Waals surface area (Å²) < 4.78 is 5.73. The van der Waals surface area contributed by atoms with E-state index in [1.807, 2.05) is 12.1 Å². The zero-order valence-electron chi connectivity index (χ0n) is 8.66. The maximum absolute atomic E-state index is 5.77. The monoisotopic (exact) mass is 228 g/mol. The van der Waals surface area contributed by atoms with Crippen LogP contribution in [0, 0.1) is 0 Å². The molecule has 0 aliphatic rings. The van der Waals surface area contributed by atoms with Gasteiger partial charge in [0.25, 0.3) is 0 Å². The van der Waals surface area contributed by atoms with E-state index in [-0.39, 0.29) is 6.10 Å². The molecule has 4 N–H and O–H groups in total. The minimum Gasteiger partial charge on any atom is -0.490 e. The molecule has 0 fully saturated rings. The van der Waals surface area contributed by atoms with Crippen LogP contribution in [0.2, 0.25) is 5.02 Å². The number of rotatable bonds is 6. The molecule has 0 atom stereocenters. The van der Waals surface area contributed by atoms with E-state index in [4.69, 9.17) is 27.8 Å². The molecule has 15 heavy (non-hydrogen) atoms. The Balaban J connectivity index is 2.53. The van der Waals surface area contributed by atoms with Gasteiger partial charge in [-0.2, -0.15) is 0 Å². The first-order valence-corrected chi connectivity index (χ1v) is 5.46. The van der Waals surface area contributed by atoms with Crippen molar-refractivity contribution in [3.63, 3.8) is 0 Å². The molecule has 0 unspecified atom stereocenters. The molecule has 0 amide bonds. The van der Waals surface area contributed by atoms with Crippen LogP contribution in [0.25, 0.3) is 0 Å². The Bertz CT molecular complexity index is 270. The highest BCUT2D eigenvalue weighted by Gasteiger charge is 2.08. The highest BCUT2D eigenvalue weighted by molar-refractivity contribution is 6.30. The van der Waals surface area contributed by atoms with Crippen molar-refractivity contribution in [3.8, 4) is 5.75 Å². The normalized spacial score (nSPS) is 10.7. The van der Waals surface area contributed by atoms with Crippen LogP contribution in [-0.2, 0) is 0 Å². The van der Waals surface area contributed by atoms with Gasteiger partial charge in [0.05, 0.1) is 0 Å². The Morgan fingerprint density at radius 2 is 1.60 bits per heavy atom. The van der Waals surface area contributed by atoms with Crippen LogP contribution in [-0.4, -0.2) is 19.2 Å². The van der Waals surface area contributed by atoms with Gasteiger partial charge in [-0.3, -0.25) is 0 Å². The van der Waals surface area contributed by atoms with Gasteiger partial charge >= 0.3 is 0 Å². The molecule has 0 spiro atoms. The van der Waals surface area contributed by atoms with Gasteiger partial charge in [0.1, 0.15) is 11.9 Å². The van der Waals surface area contributed by atoms with Crippen LogP contribution in [0.3, 0.4) is 0 Å². The Morgan fingerprint density at radius 3 is 2.07 bits per heavy atom. The largest absolute Gasteiger partial charge is 0.490 e. The number of nitrogens with two attached hydrogens (primary N) is 2. The molecule has 1 aromatic carbocycles. The molecule has 0 saturated heterocycles. The van der Waals surface area contributed by atoms with Crippen molar-refractivity contribution in [1.82, 2.24) is 0 Å². The maximum atomic E-state index is 5.77. The first-order chi connectivity index (χ1) is 7.26. The van der Waals surface area contributed by atoms with Crippen LogP contribution < -0.4 is 16.2 Å². The molecule has 4 heteroatoms. The second-order valence-electron chi connectivity index (χ2n) is 3.35. The maximum Gasteiger partial charge on any atom is 0.119 e. The average molecular weight is 229 g/mol. The van der Waals surface area contributed by atoms with E-state index in [0.29, 0.717) is 18.1 Å². The van der Waals surface area contributed by atoms with Crippen molar-refractivity contribution in [3.05, 3.63) is 29.3 Å². The van der Waals surface area contributed by atoms with E-state index >= 15 is 0 Å². The summed E-state index contributed by atoms with van der Waals surface area (Å²) in [6, 6.07) is 7.31.